The zero-order valence-electron chi connectivity index (χ0n) is 20.6. The number of fused-ring (bicyclic) bond motifs is 1. The Morgan fingerprint density at radius 3 is 2.46 bits per heavy atom. The van der Waals surface area contributed by atoms with E-state index in [2.05, 4.69) is 42.1 Å². The van der Waals surface area contributed by atoms with Crippen LogP contribution < -0.4 is 4.90 Å². The molecule has 1 aliphatic carbocycles. The maximum atomic E-state index is 12.5. The number of aldehydes is 1. The Labute approximate surface area is 212 Å². The Bertz CT molecular complexity index is 1230. The van der Waals surface area contributed by atoms with E-state index in [9.17, 15) is 9.90 Å². The number of carbonyl (C=O) groups is 1. The van der Waals surface area contributed by atoms with Crippen molar-refractivity contribution in [3.05, 3.63) is 53.2 Å². The summed E-state index contributed by atoms with van der Waals surface area (Å²) < 4.78 is 0. The fraction of sp³-hybridized carbons (Fsp3) is 0.448. The average molecular weight is 492 g/mol. The first-order valence-corrected chi connectivity index (χ1v) is 13.1. The molecule has 2 fully saturated rings. The number of carbonyl (C=O) groups excluding carboxylic acids is 1. The third-order valence-corrected chi connectivity index (χ3v) is 8.24. The summed E-state index contributed by atoms with van der Waals surface area (Å²) in [6.07, 6.45) is 9.38. The van der Waals surface area contributed by atoms with Crippen molar-refractivity contribution in [1.82, 2.24) is 9.88 Å². The largest absolute Gasteiger partial charge is 0.506 e. The molecule has 2 heterocycles. The first kappa shape index (κ1) is 24.1. The SMILES string of the molecule is CN(C)CC1CCN(c2c(C3(C=O)CCCC3)cnc3ccc(-c4ccc(O)c(Cl)c4)cc23)CC1. The van der Waals surface area contributed by atoms with Crippen LogP contribution in [0.15, 0.2) is 42.6 Å². The van der Waals surface area contributed by atoms with E-state index in [4.69, 9.17) is 16.6 Å². The molecule has 1 aromatic heterocycles. The van der Waals surface area contributed by atoms with Crippen molar-refractivity contribution in [2.24, 2.45) is 5.92 Å². The monoisotopic (exact) mass is 491 g/mol. The molecule has 1 N–H and O–H groups in total. The standard InChI is InChI=1S/C29H34ClN3O2/c1-32(2)18-20-9-13-33(14-10-20)28-23-15-21(22-6-8-27(35)25(30)16-22)5-7-26(23)31-17-24(28)29(19-34)11-3-4-12-29/h5-8,15-17,19-20,35H,3-4,9-14,18H2,1-2H3. The highest BCUT2D eigenvalue weighted by atomic mass is 35.5. The molecule has 1 saturated carbocycles. The van der Waals surface area contributed by atoms with Crippen LogP contribution in [-0.2, 0) is 10.2 Å². The van der Waals surface area contributed by atoms with E-state index < -0.39 is 5.41 Å². The van der Waals surface area contributed by atoms with Gasteiger partial charge in [0.1, 0.15) is 12.0 Å². The molecule has 35 heavy (non-hydrogen) atoms. The smallest absolute Gasteiger partial charge is 0.134 e. The van der Waals surface area contributed by atoms with E-state index in [-0.39, 0.29) is 5.75 Å². The molecule has 3 aromatic rings. The predicted molar refractivity (Wildman–Crippen MR) is 144 cm³/mol. The highest BCUT2D eigenvalue weighted by Crippen LogP contribution is 2.46. The van der Waals surface area contributed by atoms with Crippen LogP contribution in [0, 0.1) is 5.92 Å². The lowest BCUT2D eigenvalue weighted by Crippen LogP contribution is -2.39. The number of aromatic hydroxyl groups is 1. The van der Waals surface area contributed by atoms with Gasteiger partial charge in [0.05, 0.1) is 21.6 Å². The number of phenolic OH excluding ortho intramolecular Hbond substituents is 1. The van der Waals surface area contributed by atoms with Crippen molar-refractivity contribution < 1.29 is 9.90 Å². The number of nitrogens with zero attached hydrogens (tertiary/aromatic N) is 3. The number of hydrogen-bond acceptors (Lipinski definition) is 5. The van der Waals surface area contributed by atoms with Gasteiger partial charge in [0.15, 0.2) is 0 Å². The van der Waals surface area contributed by atoms with Gasteiger partial charge in [-0.15, -0.1) is 0 Å². The van der Waals surface area contributed by atoms with E-state index in [0.29, 0.717) is 10.9 Å². The van der Waals surface area contributed by atoms with E-state index >= 15 is 0 Å². The predicted octanol–water partition coefficient (Wildman–Crippen LogP) is 6.05. The Morgan fingerprint density at radius 1 is 1.11 bits per heavy atom. The average Bonchev–Trinajstić information content (AvgIpc) is 3.35. The number of rotatable bonds is 6. The minimum Gasteiger partial charge on any atom is -0.506 e. The molecule has 5 rings (SSSR count). The first-order valence-electron chi connectivity index (χ1n) is 12.7. The number of pyridine rings is 1. The number of aromatic nitrogens is 1. The van der Waals surface area contributed by atoms with Gasteiger partial charge < -0.3 is 19.7 Å². The zero-order chi connectivity index (χ0) is 24.6. The summed E-state index contributed by atoms with van der Waals surface area (Å²) in [5.41, 5.74) is 4.72. The van der Waals surface area contributed by atoms with Crippen LogP contribution in [0.5, 0.6) is 5.75 Å². The Balaban J connectivity index is 1.63. The number of benzene rings is 2. The number of hydrogen-bond donors (Lipinski definition) is 1. The summed E-state index contributed by atoms with van der Waals surface area (Å²) in [4.78, 5) is 22.2. The first-order chi connectivity index (χ1) is 16.9. The maximum absolute atomic E-state index is 12.5. The molecular weight excluding hydrogens is 458 g/mol. The molecule has 0 unspecified atom stereocenters. The third-order valence-electron chi connectivity index (χ3n) is 7.93. The fourth-order valence-corrected chi connectivity index (χ4v) is 6.24. The van der Waals surface area contributed by atoms with Gasteiger partial charge in [-0.25, -0.2) is 0 Å². The van der Waals surface area contributed by atoms with Gasteiger partial charge in [0.25, 0.3) is 0 Å². The van der Waals surface area contributed by atoms with Gasteiger partial charge in [0.2, 0.25) is 0 Å². The quantitative estimate of drug-likeness (QED) is 0.425. The second-order valence-corrected chi connectivity index (χ2v) is 11.0. The molecule has 1 aliphatic heterocycles. The van der Waals surface area contributed by atoms with E-state index in [1.54, 1.807) is 12.1 Å². The lowest BCUT2D eigenvalue weighted by molar-refractivity contribution is -0.112. The number of piperidine rings is 1. The fourth-order valence-electron chi connectivity index (χ4n) is 6.06. The van der Waals surface area contributed by atoms with Crippen molar-refractivity contribution in [2.45, 2.75) is 43.9 Å². The highest BCUT2D eigenvalue weighted by molar-refractivity contribution is 6.32. The van der Waals surface area contributed by atoms with Gasteiger partial charge in [-0.1, -0.05) is 36.6 Å². The zero-order valence-corrected chi connectivity index (χ0v) is 21.4. The number of anilines is 1. The van der Waals surface area contributed by atoms with Crippen molar-refractivity contribution in [3.8, 4) is 16.9 Å². The Kier molecular flexibility index (Phi) is 6.73. The van der Waals surface area contributed by atoms with Gasteiger partial charge in [-0.2, -0.15) is 0 Å². The van der Waals surface area contributed by atoms with Crippen LogP contribution in [0.4, 0.5) is 5.69 Å². The van der Waals surface area contributed by atoms with Crippen LogP contribution in [-0.4, -0.2) is 55.0 Å². The summed E-state index contributed by atoms with van der Waals surface area (Å²) in [6, 6.07) is 11.6. The molecule has 6 heteroatoms. The van der Waals surface area contributed by atoms with Crippen LogP contribution in [0.1, 0.15) is 44.1 Å². The van der Waals surface area contributed by atoms with E-state index in [1.807, 2.05) is 12.3 Å². The van der Waals surface area contributed by atoms with Gasteiger partial charge in [-0.3, -0.25) is 4.98 Å². The summed E-state index contributed by atoms with van der Waals surface area (Å²) in [7, 11) is 4.29. The van der Waals surface area contributed by atoms with Crippen LogP contribution in [0.3, 0.4) is 0 Å². The molecule has 5 nitrogen and oxygen atoms in total. The van der Waals surface area contributed by atoms with E-state index in [1.165, 1.54) is 12.0 Å². The van der Waals surface area contributed by atoms with E-state index in [0.717, 1.165) is 85.8 Å². The second kappa shape index (κ2) is 9.79. The molecule has 184 valence electrons. The lowest BCUT2D eigenvalue weighted by Gasteiger charge is -2.38. The normalized spacial score (nSPS) is 18.5. The summed E-state index contributed by atoms with van der Waals surface area (Å²) in [5, 5.41) is 11.3. The van der Waals surface area contributed by atoms with Crippen molar-refractivity contribution in [1.29, 1.82) is 0 Å². The van der Waals surface area contributed by atoms with Crippen LogP contribution in [0.2, 0.25) is 5.02 Å². The Morgan fingerprint density at radius 2 is 1.80 bits per heavy atom. The molecule has 0 amide bonds. The summed E-state index contributed by atoms with van der Waals surface area (Å²) in [5.74, 6) is 0.773. The summed E-state index contributed by atoms with van der Waals surface area (Å²) in [6.45, 7) is 3.07. The molecule has 0 radical (unpaired) electrons. The van der Waals surface area contributed by atoms with Crippen molar-refractivity contribution in [3.63, 3.8) is 0 Å². The molecule has 0 spiro atoms. The highest BCUT2D eigenvalue weighted by Gasteiger charge is 2.39. The van der Waals surface area contributed by atoms with Gasteiger partial charge >= 0.3 is 0 Å². The molecular formula is C29H34ClN3O2. The maximum Gasteiger partial charge on any atom is 0.134 e. The summed E-state index contributed by atoms with van der Waals surface area (Å²) >= 11 is 6.22. The van der Waals surface area contributed by atoms with Gasteiger partial charge in [0, 0.05) is 36.8 Å². The molecule has 2 aromatic carbocycles. The number of phenols is 1. The lowest BCUT2D eigenvalue weighted by atomic mass is 9.79. The minimum absolute atomic E-state index is 0.0793. The third kappa shape index (κ3) is 4.64. The molecule has 2 aliphatic rings. The molecule has 0 bridgehead atoms. The second-order valence-electron chi connectivity index (χ2n) is 10.6. The Hall–Kier alpha value is -2.63. The van der Waals surface area contributed by atoms with Crippen molar-refractivity contribution >= 4 is 34.5 Å². The minimum atomic E-state index is -0.450. The van der Waals surface area contributed by atoms with Crippen LogP contribution in [0.25, 0.3) is 22.0 Å². The topological polar surface area (TPSA) is 56.7 Å². The molecule has 1 saturated heterocycles. The molecule has 0 atom stereocenters. The number of halogens is 1. The van der Waals surface area contributed by atoms with Gasteiger partial charge in [-0.05, 0) is 81.1 Å². The van der Waals surface area contributed by atoms with Crippen molar-refractivity contribution in [2.75, 3.05) is 38.6 Å². The van der Waals surface area contributed by atoms with Crippen LogP contribution >= 0.6 is 11.6 Å².